The summed E-state index contributed by atoms with van der Waals surface area (Å²) in [5, 5.41) is 15.6. The molecule has 0 radical (unpaired) electrons. The van der Waals surface area contributed by atoms with Crippen LogP contribution >= 0.6 is 0 Å². The van der Waals surface area contributed by atoms with Crippen molar-refractivity contribution in [3.05, 3.63) is 45.7 Å². The molecule has 1 heterocycles. The highest BCUT2D eigenvalue weighted by Crippen LogP contribution is 2.36. The lowest BCUT2D eigenvalue weighted by Gasteiger charge is -2.10. The Labute approximate surface area is 105 Å². The van der Waals surface area contributed by atoms with Gasteiger partial charge in [0.2, 0.25) is 0 Å². The predicted molar refractivity (Wildman–Crippen MR) is 61.7 cm³/mol. The van der Waals surface area contributed by atoms with Gasteiger partial charge >= 0.3 is 6.18 Å². The van der Waals surface area contributed by atoms with E-state index >= 15 is 0 Å². The summed E-state index contributed by atoms with van der Waals surface area (Å²) in [4.78, 5) is 11.0. The first-order valence-electron chi connectivity index (χ1n) is 5.26. The third-order valence-corrected chi connectivity index (χ3v) is 2.58. The Bertz CT molecular complexity index is 677. The topological polar surface area (TPSA) is 66.0 Å². The zero-order chi connectivity index (χ0) is 14.2. The fourth-order valence-corrected chi connectivity index (χ4v) is 1.68. The van der Waals surface area contributed by atoms with Crippen molar-refractivity contribution in [2.24, 2.45) is 0 Å². The number of rotatable bonds is 1. The number of phenols is 1. The number of aromatic nitrogens is 2. The Hall–Kier alpha value is -2.31. The monoisotopic (exact) mass is 270 g/mol. The summed E-state index contributed by atoms with van der Waals surface area (Å²) in [5.74, 6) is -0.544. The van der Waals surface area contributed by atoms with Crippen LogP contribution in [0.4, 0.5) is 13.2 Å². The fraction of sp³-hybridized carbons (Fsp3) is 0.167. The van der Waals surface area contributed by atoms with Gasteiger partial charge in [-0.2, -0.15) is 18.3 Å². The second-order valence-electron chi connectivity index (χ2n) is 3.99. The van der Waals surface area contributed by atoms with Gasteiger partial charge in [-0.25, -0.2) is 5.10 Å². The molecule has 0 atom stereocenters. The number of aromatic amines is 1. The van der Waals surface area contributed by atoms with Crippen LogP contribution in [0.5, 0.6) is 5.75 Å². The fourth-order valence-electron chi connectivity index (χ4n) is 1.68. The molecular formula is C12H9F3N2O2. The van der Waals surface area contributed by atoms with E-state index in [4.69, 9.17) is 0 Å². The number of halogens is 3. The molecule has 0 spiro atoms. The normalized spacial score (nSPS) is 11.6. The maximum atomic E-state index is 12.5. The van der Waals surface area contributed by atoms with Gasteiger partial charge < -0.3 is 5.11 Å². The average Bonchev–Trinajstić information content (AvgIpc) is 2.28. The molecule has 0 fully saturated rings. The Balaban J connectivity index is 2.55. The molecule has 0 aliphatic rings. The summed E-state index contributed by atoms with van der Waals surface area (Å²) < 4.78 is 37.4. The first-order valence-corrected chi connectivity index (χ1v) is 5.26. The van der Waals surface area contributed by atoms with Gasteiger partial charge in [-0.05, 0) is 30.7 Å². The molecule has 1 aromatic carbocycles. The van der Waals surface area contributed by atoms with E-state index < -0.39 is 23.0 Å². The molecule has 2 aromatic rings. The molecular weight excluding hydrogens is 261 g/mol. The molecule has 0 aliphatic heterocycles. The summed E-state index contributed by atoms with van der Waals surface area (Å²) in [7, 11) is 0. The van der Waals surface area contributed by atoms with Crippen molar-refractivity contribution < 1.29 is 18.3 Å². The first-order chi connectivity index (χ1) is 8.79. The Morgan fingerprint density at radius 3 is 2.47 bits per heavy atom. The summed E-state index contributed by atoms with van der Waals surface area (Å²) in [5.41, 5.74) is -0.560. The van der Waals surface area contributed by atoms with Crippen LogP contribution in [0.3, 0.4) is 0 Å². The molecule has 0 amide bonds. The molecule has 2 rings (SSSR count). The van der Waals surface area contributed by atoms with E-state index in [9.17, 15) is 23.1 Å². The third-order valence-electron chi connectivity index (χ3n) is 2.58. The van der Waals surface area contributed by atoms with Gasteiger partial charge in [0, 0.05) is 11.6 Å². The van der Waals surface area contributed by atoms with Crippen molar-refractivity contribution in [2.45, 2.75) is 13.1 Å². The highest BCUT2D eigenvalue weighted by molar-refractivity contribution is 5.69. The molecule has 0 aliphatic carbocycles. The molecule has 0 saturated heterocycles. The Morgan fingerprint density at radius 2 is 1.95 bits per heavy atom. The van der Waals surface area contributed by atoms with E-state index in [1.54, 1.807) is 6.92 Å². The molecule has 0 bridgehead atoms. The van der Waals surface area contributed by atoms with E-state index in [1.165, 1.54) is 6.07 Å². The minimum Gasteiger partial charge on any atom is -0.507 e. The van der Waals surface area contributed by atoms with Gasteiger partial charge in [-0.3, -0.25) is 4.79 Å². The van der Waals surface area contributed by atoms with Crippen LogP contribution in [0.25, 0.3) is 11.3 Å². The molecule has 19 heavy (non-hydrogen) atoms. The Kier molecular flexibility index (Phi) is 3.05. The van der Waals surface area contributed by atoms with Crippen molar-refractivity contribution in [1.29, 1.82) is 0 Å². The number of nitrogens with zero attached hydrogens (tertiary/aromatic N) is 1. The smallest absolute Gasteiger partial charge is 0.416 e. The van der Waals surface area contributed by atoms with Gasteiger partial charge in [-0.15, -0.1) is 0 Å². The lowest BCUT2D eigenvalue weighted by atomic mass is 10.0. The zero-order valence-corrected chi connectivity index (χ0v) is 9.75. The molecule has 0 saturated carbocycles. The van der Waals surface area contributed by atoms with Gasteiger partial charge in [0.1, 0.15) is 5.75 Å². The van der Waals surface area contributed by atoms with Crippen LogP contribution in [-0.4, -0.2) is 15.3 Å². The number of aromatic hydroxyl groups is 1. The van der Waals surface area contributed by atoms with Crippen LogP contribution in [-0.2, 0) is 6.18 Å². The molecule has 4 nitrogen and oxygen atoms in total. The Morgan fingerprint density at radius 1 is 1.26 bits per heavy atom. The van der Waals surface area contributed by atoms with Crippen molar-refractivity contribution in [1.82, 2.24) is 10.2 Å². The van der Waals surface area contributed by atoms with Crippen molar-refractivity contribution in [3.8, 4) is 17.0 Å². The number of benzene rings is 1. The van der Waals surface area contributed by atoms with E-state index in [0.717, 1.165) is 12.1 Å². The largest absolute Gasteiger partial charge is 0.507 e. The highest BCUT2D eigenvalue weighted by Gasteiger charge is 2.31. The van der Waals surface area contributed by atoms with Crippen molar-refractivity contribution in [3.63, 3.8) is 0 Å². The zero-order valence-electron chi connectivity index (χ0n) is 9.75. The van der Waals surface area contributed by atoms with Gasteiger partial charge in [-0.1, -0.05) is 0 Å². The number of phenolic OH excluding ortho intramolecular Hbond substituents is 1. The molecule has 1 aromatic heterocycles. The minimum atomic E-state index is -4.52. The number of hydrogen-bond acceptors (Lipinski definition) is 3. The summed E-state index contributed by atoms with van der Waals surface area (Å²) in [6, 6.07) is 3.84. The summed E-state index contributed by atoms with van der Waals surface area (Å²) in [6.07, 6.45) is -4.52. The quantitative estimate of drug-likeness (QED) is 0.836. The molecule has 0 unspecified atom stereocenters. The van der Waals surface area contributed by atoms with Crippen LogP contribution in [0.2, 0.25) is 0 Å². The van der Waals surface area contributed by atoms with Gasteiger partial charge in [0.05, 0.1) is 11.3 Å². The van der Waals surface area contributed by atoms with Gasteiger partial charge in [0.15, 0.2) is 0 Å². The minimum absolute atomic E-state index is 0.127. The van der Waals surface area contributed by atoms with Gasteiger partial charge in [0.25, 0.3) is 5.56 Å². The third kappa shape index (κ3) is 2.59. The predicted octanol–water partition coefficient (Wildman–Crippen LogP) is 2.47. The lowest BCUT2D eigenvalue weighted by Crippen LogP contribution is -2.09. The highest BCUT2D eigenvalue weighted by atomic mass is 19.4. The lowest BCUT2D eigenvalue weighted by molar-refractivity contribution is -0.137. The second kappa shape index (κ2) is 4.42. The van der Waals surface area contributed by atoms with E-state index in [0.29, 0.717) is 11.6 Å². The maximum Gasteiger partial charge on any atom is 0.416 e. The molecule has 7 heteroatoms. The summed E-state index contributed by atoms with van der Waals surface area (Å²) in [6.45, 7) is 1.58. The van der Waals surface area contributed by atoms with Crippen molar-refractivity contribution in [2.75, 3.05) is 0 Å². The van der Waals surface area contributed by atoms with Crippen LogP contribution < -0.4 is 5.56 Å². The SMILES string of the molecule is Cc1cc(=O)[nH]nc1-c1ccc(C(F)(F)F)cc1O. The van der Waals surface area contributed by atoms with Crippen LogP contribution in [0.15, 0.2) is 29.1 Å². The van der Waals surface area contributed by atoms with E-state index in [1.807, 2.05) is 0 Å². The number of alkyl halides is 3. The van der Waals surface area contributed by atoms with E-state index in [-0.39, 0.29) is 11.3 Å². The summed E-state index contributed by atoms with van der Waals surface area (Å²) >= 11 is 0. The average molecular weight is 270 g/mol. The maximum absolute atomic E-state index is 12.5. The first kappa shape index (κ1) is 13.1. The van der Waals surface area contributed by atoms with Crippen LogP contribution in [0.1, 0.15) is 11.1 Å². The number of H-pyrrole nitrogens is 1. The second-order valence-corrected chi connectivity index (χ2v) is 3.99. The molecule has 2 N–H and O–H groups in total. The van der Waals surface area contributed by atoms with Crippen molar-refractivity contribution >= 4 is 0 Å². The number of aryl methyl sites for hydroxylation is 1. The van der Waals surface area contributed by atoms with Crippen LogP contribution in [0, 0.1) is 6.92 Å². The van der Waals surface area contributed by atoms with E-state index in [2.05, 4.69) is 10.2 Å². The molecule has 100 valence electrons. The standard InChI is InChI=1S/C12H9F3N2O2/c1-6-4-10(19)16-17-11(6)8-3-2-7(5-9(8)18)12(13,14)15/h2-5,18H,1H3,(H,16,19). The number of hydrogen-bond donors (Lipinski definition) is 2. The number of nitrogens with one attached hydrogen (secondary N) is 1.